The fraction of sp³-hybridized carbons (Fsp3) is 0.391. The highest BCUT2D eigenvalue weighted by molar-refractivity contribution is 5.79. The van der Waals surface area contributed by atoms with E-state index in [9.17, 15) is 0 Å². The Kier molecular flexibility index (Phi) is 4.84. The third-order valence-electron chi connectivity index (χ3n) is 4.22. The summed E-state index contributed by atoms with van der Waals surface area (Å²) in [6.45, 7) is 17.8. The van der Waals surface area contributed by atoms with E-state index < -0.39 is 0 Å². The van der Waals surface area contributed by atoms with E-state index in [2.05, 4.69) is 91.8 Å². The Morgan fingerprint density at radius 3 is 2.00 bits per heavy atom. The molecule has 0 fully saturated rings. The lowest BCUT2D eigenvalue weighted by molar-refractivity contribution is 0.590. The molecule has 0 spiro atoms. The van der Waals surface area contributed by atoms with Crippen molar-refractivity contribution in [2.45, 2.75) is 60.8 Å². The number of rotatable bonds is 2. The molecule has 0 N–H and O–H groups in total. The summed E-state index contributed by atoms with van der Waals surface area (Å²) in [5.74, 6) is 0. The molecule has 0 heteroatoms. The van der Waals surface area contributed by atoms with E-state index in [-0.39, 0.29) is 5.41 Å². The SMILES string of the molecule is CC(C)=Cc1c(C)cc(C)cc1-c1cc(C)cc(C(C)(C)C)c1. The maximum absolute atomic E-state index is 2.36. The largest absolute Gasteiger partial charge is 0.0758 e. The Morgan fingerprint density at radius 1 is 0.826 bits per heavy atom. The number of hydrogen-bond donors (Lipinski definition) is 0. The van der Waals surface area contributed by atoms with Crippen LogP contribution in [0.25, 0.3) is 17.2 Å². The number of hydrogen-bond acceptors (Lipinski definition) is 0. The fourth-order valence-electron chi connectivity index (χ4n) is 3.07. The van der Waals surface area contributed by atoms with Gasteiger partial charge in [0.1, 0.15) is 0 Å². The van der Waals surface area contributed by atoms with Crippen LogP contribution in [0.4, 0.5) is 0 Å². The summed E-state index contributed by atoms with van der Waals surface area (Å²) in [4.78, 5) is 0. The van der Waals surface area contributed by atoms with Gasteiger partial charge in [0.05, 0.1) is 0 Å². The lowest BCUT2D eigenvalue weighted by Gasteiger charge is -2.22. The van der Waals surface area contributed by atoms with Gasteiger partial charge in [-0.1, -0.05) is 73.9 Å². The van der Waals surface area contributed by atoms with Crippen molar-refractivity contribution in [1.82, 2.24) is 0 Å². The minimum atomic E-state index is 0.163. The first-order valence-electron chi connectivity index (χ1n) is 8.46. The van der Waals surface area contributed by atoms with Crippen molar-refractivity contribution < 1.29 is 0 Å². The summed E-state index contributed by atoms with van der Waals surface area (Å²) in [7, 11) is 0. The van der Waals surface area contributed by atoms with Crippen LogP contribution < -0.4 is 0 Å². The summed E-state index contributed by atoms with van der Waals surface area (Å²) in [5, 5.41) is 0. The molecule has 0 unspecified atom stereocenters. The van der Waals surface area contributed by atoms with Crippen molar-refractivity contribution in [2.24, 2.45) is 0 Å². The first-order valence-corrected chi connectivity index (χ1v) is 8.46. The van der Waals surface area contributed by atoms with Crippen molar-refractivity contribution in [3.63, 3.8) is 0 Å². The molecule has 2 aromatic carbocycles. The Morgan fingerprint density at radius 2 is 1.43 bits per heavy atom. The molecule has 0 radical (unpaired) electrons. The van der Waals surface area contributed by atoms with Crippen molar-refractivity contribution in [1.29, 1.82) is 0 Å². The molecule has 0 atom stereocenters. The summed E-state index contributed by atoms with van der Waals surface area (Å²) < 4.78 is 0. The average molecular weight is 306 g/mol. The number of allylic oxidation sites excluding steroid dienone is 1. The first-order chi connectivity index (χ1) is 10.6. The molecule has 0 nitrogen and oxygen atoms in total. The minimum absolute atomic E-state index is 0.163. The monoisotopic (exact) mass is 306 g/mol. The Bertz CT molecular complexity index is 748. The zero-order chi connectivity index (χ0) is 17.4. The number of aryl methyl sites for hydroxylation is 3. The maximum Gasteiger partial charge on any atom is -0.0106 e. The average Bonchev–Trinajstić information content (AvgIpc) is 2.39. The molecule has 23 heavy (non-hydrogen) atoms. The van der Waals surface area contributed by atoms with E-state index in [1.807, 2.05) is 0 Å². The molecule has 122 valence electrons. The van der Waals surface area contributed by atoms with E-state index in [0.717, 1.165) is 0 Å². The molecule has 2 aromatic rings. The van der Waals surface area contributed by atoms with Crippen molar-refractivity contribution >= 4 is 6.08 Å². The normalized spacial score (nSPS) is 11.5. The molecule has 0 aromatic heterocycles. The van der Waals surface area contributed by atoms with E-state index in [1.54, 1.807) is 0 Å². The summed E-state index contributed by atoms with van der Waals surface area (Å²) in [6.07, 6.45) is 2.31. The summed E-state index contributed by atoms with van der Waals surface area (Å²) >= 11 is 0. The molecule has 0 heterocycles. The molecule has 0 saturated heterocycles. The zero-order valence-corrected chi connectivity index (χ0v) is 16.0. The zero-order valence-electron chi connectivity index (χ0n) is 16.0. The van der Waals surface area contributed by atoms with Crippen LogP contribution in [0, 0.1) is 20.8 Å². The number of benzene rings is 2. The van der Waals surface area contributed by atoms with Gasteiger partial charge in [-0.15, -0.1) is 0 Å². The predicted molar refractivity (Wildman–Crippen MR) is 104 cm³/mol. The van der Waals surface area contributed by atoms with Crippen molar-refractivity contribution in [2.75, 3.05) is 0 Å². The minimum Gasteiger partial charge on any atom is -0.0758 e. The van der Waals surface area contributed by atoms with Crippen LogP contribution >= 0.6 is 0 Å². The van der Waals surface area contributed by atoms with Gasteiger partial charge in [-0.05, 0) is 67.9 Å². The van der Waals surface area contributed by atoms with Gasteiger partial charge in [-0.2, -0.15) is 0 Å². The van der Waals surface area contributed by atoms with Gasteiger partial charge in [0.15, 0.2) is 0 Å². The lowest BCUT2D eigenvalue weighted by atomic mass is 9.83. The fourth-order valence-corrected chi connectivity index (χ4v) is 3.07. The second-order valence-corrected chi connectivity index (χ2v) is 8.10. The first kappa shape index (κ1) is 17.5. The van der Waals surface area contributed by atoms with Gasteiger partial charge in [0, 0.05) is 0 Å². The topological polar surface area (TPSA) is 0 Å². The van der Waals surface area contributed by atoms with Crippen LogP contribution in [0.2, 0.25) is 0 Å². The molecule has 2 rings (SSSR count). The van der Waals surface area contributed by atoms with E-state index in [4.69, 9.17) is 0 Å². The molecule has 0 aliphatic rings. The molecule has 0 amide bonds. The van der Waals surface area contributed by atoms with Gasteiger partial charge < -0.3 is 0 Å². The van der Waals surface area contributed by atoms with Gasteiger partial charge in [0.2, 0.25) is 0 Å². The van der Waals surface area contributed by atoms with Crippen LogP contribution in [0.15, 0.2) is 35.9 Å². The highest BCUT2D eigenvalue weighted by Gasteiger charge is 2.16. The van der Waals surface area contributed by atoms with E-state index in [1.165, 1.54) is 44.5 Å². The van der Waals surface area contributed by atoms with Crippen LogP contribution in [0.3, 0.4) is 0 Å². The third kappa shape index (κ3) is 4.13. The van der Waals surface area contributed by atoms with Crippen molar-refractivity contribution in [3.05, 3.63) is 63.7 Å². The summed E-state index contributed by atoms with van der Waals surface area (Å²) in [6, 6.07) is 11.6. The third-order valence-corrected chi connectivity index (χ3v) is 4.22. The van der Waals surface area contributed by atoms with Crippen LogP contribution in [0.5, 0.6) is 0 Å². The molecular formula is C23H30. The van der Waals surface area contributed by atoms with Gasteiger partial charge in [-0.25, -0.2) is 0 Å². The second kappa shape index (κ2) is 6.35. The van der Waals surface area contributed by atoms with Gasteiger partial charge in [0.25, 0.3) is 0 Å². The Labute approximate surface area is 142 Å². The van der Waals surface area contributed by atoms with Gasteiger partial charge in [-0.3, -0.25) is 0 Å². The van der Waals surface area contributed by atoms with Crippen LogP contribution in [-0.2, 0) is 5.41 Å². The van der Waals surface area contributed by atoms with Crippen molar-refractivity contribution in [3.8, 4) is 11.1 Å². The quantitative estimate of drug-likeness (QED) is 0.560. The molecule has 0 saturated carbocycles. The summed E-state index contributed by atoms with van der Waals surface area (Å²) in [5.41, 5.74) is 10.9. The lowest BCUT2D eigenvalue weighted by Crippen LogP contribution is -2.11. The molecule has 0 bridgehead atoms. The van der Waals surface area contributed by atoms with Crippen LogP contribution in [-0.4, -0.2) is 0 Å². The smallest absolute Gasteiger partial charge is 0.0106 e. The predicted octanol–water partition coefficient (Wildman–Crippen LogP) is 7.00. The molecule has 0 aliphatic carbocycles. The van der Waals surface area contributed by atoms with Gasteiger partial charge >= 0.3 is 0 Å². The molecular weight excluding hydrogens is 276 g/mol. The highest BCUT2D eigenvalue weighted by atomic mass is 14.2. The Balaban J connectivity index is 2.76. The highest BCUT2D eigenvalue weighted by Crippen LogP contribution is 2.33. The Hall–Kier alpha value is -1.82. The second-order valence-electron chi connectivity index (χ2n) is 8.10. The van der Waals surface area contributed by atoms with E-state index in [0.29, 0.717) is 0 Å². The standard InChI is InChI=1S/C23H30/c1-15(2)9-21-18(5)10-16(3)13-22(21)19-11-17(4)12-20(14-19)23(6,7)8/h9-14H,1-8H3. The maximum atomic E-state index is 2.36. The van der Waals surface area contributed by atoms with E-state index >= 15 is 0 Å². The molecule has 0 aliphatic heterocycles. The van der Waals surface area contributed by atoms with Crippen LogP contribution in [0.1, 0.15) is 62.4 Å².